The van der Waals surface area contributed by atoms with Crippen LogP contribution in [0.5, 0.6) is 0 Å². The summed E-state index contributed by atoms with van der Waals surface area (Å²) in [5, 5.41) is 9.34. The highest BCUT2D eigenvalue weighted by molar-refractivity contribution is 5.79. The summed E-state index contributed by atoms with van der Waals surface area (Å²) in [6.45, 7) is 4.14. The van der Waals surface area contributed by atoms with Crippen molar-refractivity contribution < 1.29 is 9.90 Å². The van der Waals surface area contributed by atoms with Crippen molar-refractivity contribution in [2.24, 2.45) is 5.73 Å². The van der Waals surface area contributed by atoms with Crippen molar-refractivity contribution in [2.45, 2.75) is 32.1 Å². The molecule has 1 fully saturated rings. The normalized spacial score (nSPS) is 17.3. The quantitative estimate of drug-likeness (QED) is 0.872. The highest BCUT2D eigenvalue weighted by atomic mass is 16.4. The number of carbonyl (C=O) groups is 1. The van der Waals surface area contributed by atoms with Crippen LogP contribution >= 0.6 is 0 Å². The van der Waals surface area contributed by atoms with Crippen LogP contribution in [0.25, 0.3) is 0 Å². The summed E-state index contributed by atoms with van der Waals surface area (Å²) in [7, 11) is 0. The number of nitrogens with two attached hydrogens (primary N) is 1. The average Bonchev–Trinajstić information content (AvgIpc) is 2.40. The molecule has 4 heteroatoms. The summed E-state index contributed by atoms with van der Waals surface area (Å²) in [4.78, 5) is 13.7. The lowest BCUT2D eigenvalue weighted by atomic mass is 9.94. The fourth-order valence-corrected chi connectivity index (χ4v) is 2.74. The highest BCUT2D eigenvalue weighted by Gasteiger charge is 2.24. The molecule has 1 saturated heterocycles. The summed E-state index contributed by atoms with van der Waals surface area (Å²) in [5.41, 5.74) is 8.64. The molecular formula is C15H22N2O2. The summed E-state index contributed by atoms with van der Waals surface area (Å²) < 4.78 is 0. The second-order valence-electron chi connectivity index (χ2n) is 5.24. The van der Waals surface area contributed by atoms with Crippen molar-refractivity contribution in [1.82, 2.24) is 0 Å². The maximum Gasteiger partial charge on any atom is 0.312 e. The summed E-state index contributed by atoms with van der Waals surface area (Å²) in [6, 6.07) is 6.06. The number of piperidine rings is 1. The highest BCUT2D eigenvalue weighted by Crippen LogP contribution is 2.30. The zero-order valence-electron chi connectivity index (χ0n) is 11.4. The topological polar surface area (TPSA) is 66.6 Å². The molecule has 1 atom stereocenters. The monoisotopic (exact) mass is 262 g/mol. The van der Waals surface area contributed by atoms with Gasteiger partial charge in [-0.3, -0.25) is 4.79 Å². The van der Waals surface area contributed by atoms with Crippen molar-refractivity contribution >= 4 is 11.7 Å². The first-order chi connectivity index (χ1) is 9.13. The number of benzene rings is 1. The number of hydrogen-bond acceptors (Lipinski definition) is 3. The van der Waals surface area contributed by atoms with E-state index in [9.17, 15) is 9.90 Å². The van der Waals surface area contributed by atoms with Gasteiger partial charge in [0.05, 0.1) is 5.92 Å². The van der Waals surface area contributed by atoms with Gasteiger partial charge in [0.1, 0.15) is 0 Å². The lowest BCUT2D eigenvalue weighted by Gasteiger charge is -2.32. The predicted octanol–water partition coefficient (Wildman–Crippen LogP) is 2.11. The lowest BCUT2D eigenvalue weighted by molar-refractivity contribution is -0.138. The molecular weight excluding hydrogens is 240 g/mol. The molecule has 1 aliphatic heterocycles. The second kappa shape index (κ2) is 6.06. The third-order valence-corrected chi connectivity index (χ3v) is 3.79. The number of hydrogen-bond donors (Lipinski definition) is 2. The first kappa shape index (κ1) is 13.9. The van der Waals surface area contributed by atoms with Crippen molar-refractivity contribution in [1.29, 1.82) is 0 Å². The maximum absolute atomic E-state index is 11.4. The number of carboxylic acids is 1. The van der Waals surface area contributed by atoms with Crippen molar-refractivity contribution in [3.63, 3.8) is 0 Å². The van der Waals surface area contributed by atoms with Gasteiger partial charge in [0.15, 0.2) is 0 Å². The molecule has 1 heterocycles. The van der Waals surface area contributed by atoms with Gasteiger partial charge in [0.25, 0.3) is 0 Å². The summed E-state index contributed by atoms with van der Waals surface area (Å²) in [6.07, 6.45) is 3.61. The number of aliphatic carboxylic acids is 1. The Kier molecular flexibility index (Phi) is 4.43. The predicted molar refractivity (Wildman–Crippen MR) is 76.7 cm³/mol. The molecule has 0 aromatic heterocycles. The third-order valence-electron chi connectivity index (χ3n) is 3.79. The van der Waals surface area contributed by atoms with Crippen LogP contribution in [0.1, 0.15) is 36.3 Å². The molecule has 0 saturated carbocycles. The Balaban J connectivity index is 2.39. The Morgan fingerprint density at radius 3 is 2.63 bits per heavy atom. The zero-order valence-corrected chi connectivity index (χ0v) is 11.4. The number of rotatable bonds is 4. The Morgan fingerprint density at radius 2 is 2.05 bits per heavy atom. The van der Waals surface area contributed by atoms with Crippen LogP contribution in [-0.4, -0.2) is 30.7 Å². The van der Waals surface area contributed by atoms with Crippen molar-refractivity contribution in [2.75, 3.05) is 24.5 Å². The first-order valence-electron chi connectivity index (χ1n) is 6.92. The molecule has 1 aliphatic rings. The standard InChI is InChI=1S/C15H22N2O2/c1-11-5-6-14(17-7-3-2-4-8-17)12(9-11)13(10-16)15(18)19/h5-6,9,13H,2-4,7-8,10,16H2,1H3,(H,18,19). The Bertz CT molecular complexity index is 453. The molecule has 0 bridgehead atoms. The van der Waals surface area contributed by atoms with Gasteiger partial charge >= 0.3 is 5.97 Å². The van der Waals surface area contributed by atoms with E-state index >= 15 is 0 Å². The molecule has 4 nitrogen and oxygen atoms in total. The molecule has 104 valence electrons. The van der Waals surface area contributed by atoms with E-state index in [1.165, 1.54) is 19.3 Å². The van der Waals surface area contributed by atoms with E-state index in [0.29, 0.717) is 0 Å². The molecule has 1 aromatic rings. The van der Waals surface area contributed by atoms with E-state index < -0.39 is 11.9 Å². The molecule has 2 rings (SSSR count). The summed E-state index contributed by atoms with van der Waals surface area (Å²) in [5.74, 6) is -1.46. The minimum atomic E-state index is -0.841. The van der Waals surface area contributed by atoms with Crippen LogP contribution < -0.4 is 10.6 Å². The van der Waals surface area contributed by atoms with Gasteiger partial charge in [0, 0.05) is 25.3 Å². The molecule has 3 N–H and O–H groups in total. The van der Waals surface area contributed by atoms with E-state index in [0.717, 1.165) is 29.9 Å². The molecule has 1 aromatic carbocycles. The number of aryl methyl sites for hydroxylation is 1. The fraction of sp³-hybridized carbons (Fsp3) is 0.533. The van der Waals surface area contributed by atoms with Gasteiger partial charge in [-0.1, -0.05) is 17.7 Å². The second-order valence-corrected chi connectivity index (χ2v) is 5.24. The largest absolute Gasteiger partial charge is 0.481 e. The van der Waals surface area contributed by atoms with Crippen LogP contribution in [0.3, 0.4) is 0 Å². The average molecular weight is 262 g/mol. The first-order valence-corrected chi connectivity index (χ1v) is 6.92. The van der Waals surface area contributed by atoms with Gasteiger partial charge in [-0.25, -0.2) is 0 Å². The Hall–Kier alpha value is -1.55. The maximum atomic E-state index is 11.4. The SMILES string of the molecule is Cc1ccc(N2CCCCC2)c(C(CN)C(=O)O)c1. The Labute approximate surface area is 114 Å². The van der Waals surface area contributed by atoms with Crippen LogP contribution in [0.2, 0.25) is 0 Å². The minimum Gasteiger partial charge on any atom is -0.481 e. The molecule has 0 amide bonds. The van der Waals surface area contributed by atoms with E-state index in [1.54, 1.807) is 0 Å². The summed E-state index contributed by atoms with van der Waals surface area (Å²) >= 11 is 0. The molecule has 0 radical (unpaired) electrons. The van der Waals surface area contributed by atoms with E-state index in [4.69, 9.17) is 5.73 Å². The molecule has 0 aliphatic carbocycles. The van der Waals surface area contributed by atoms with Crippen LogP contribution in [0.4, 0.5) is 5.69 Å². The van der Waals surface area contributed by atoms with Gasteiger partial charge in [-0.2, -0.15) is 0 Å². The number of nitrogens with zero attached hydrogens (tertiary/aromatic N) is 1. The smallest absolute Gasteiger partial charge is 0.312 e. The van der Waals surface area contributed by atoms with E-state index in [-0.39, 0.29) is 6.54 Å². The van der Waals surface area contributed by atoms with E-state index in [2.05, 4.69) is 4.90 Å². The number of carboxylic acid groups (broad SMARTS) is 1. The molecule has 1 unspecified atom stereocenters. The van der Waals surface area contributed by atoms with Gasteiger partial charge < -0.3 is 15.7 Å². The van der Waals surface area contributed by atoms with Crippen molar-refractivity contribution in [3.8, 4) is 0 Å². The van der Waals surface area contributed by atoms with Crippen molar-refractivity contribution in [3.05, 3.63) is 29.3 Å². The fourth-order valence-electron chi connectivity index (χ4n) is 2.74. The van der Waals surface area contributed by atoms with Crippen LogP contribution in [-0.2, 0) is 4.79 Å². The number of anilines is 1. The lowest BCUT2D eigenvalue weighted by Crippen LogP contribution is -2.32. The van der Waals surface area contributed by atoms with Crippen LogP contribution in [0, 0.1) is 6.92 Å². The van der Waals surface area contributed by atoms with Gasteiger partial charge in [0.2, 0.25) is 0 Å². The van der Waals surface area contributed by atoms with Gasteiger partial charge in [-0.15, -0.1) is 0 Å². The molecule has 19 heavy (non-hydrogen) atoms. The third kappa shape index (κ3) is 3.07. The minimum absolute atomic E-state index is 0.139. The Morgan fingerprint density at radius 1 is 1.37 bits per heavy atom. The van der Waals surface area contributed by atoms with Gasteiger partial charge in [-0.05, 0) is 37.8 Å². The molecule has 0 spiro atoms. The van der Waals surface area contributed by atoms with E-state index in [1.807, 2.05) is 25.1 Å². The van der Waals surface area contributed by atoms with Crippen LogP contribution in [0.15, 0.2) is 18.2 Å². The zero-order chi connectivity index (χ0) is 13.8.